The summed E-state index contributed by atoms with van der Waals surface area (Å²) >= 11 is 1.71. The summed E-state index contributed by atoms with van der Waals surface area (Å²) in [5.74, 6) is 0.297. The zero-order valence-corrected chi connectivity index (χ0v) is 10.8. The van der Waals surface area contributed by atoms with E-state index >= 15 is 0 Å². The number of ether oxygens (including phenoxy) is 1. The van der Waals surface area contributed by atoms with Crippen molar-refractivity contribution in [1.29, 1.82) is 0 Å². The Morgan fingerprint density at radius 3 is 3.00 bits per heavy atom. The predicted molar refractivity (Wildman–Crippen MR) is 71.6 cm³/mol. The molecule has 1 heterocycles. The van der Waals surface area contributed by atoms with Gasteiger partial charge in [-0.25, -0.2) is 0 Å². The van der Waals surface area contributed by atoms with E-state index in [4.69, 9.17) is 4.74 Å². The Bertz CT molecular complexity index is 502. The number of hydrogen-bond acceptors (Lipinski definition) is 3. The number of Topliss-reactive ketones (excluding diaryl/α,β-unsaturated/α-hetero) is 1. The highest BCUT2D eigenvalue weighted by molar-refractivity contribution is 7.17. The van der Waals surface area contributed by atoms with Gasteiger partial charge in [0.25, 0.3) is 0 Å². The number of carbonyl (C=O) groups excluding carboxylic acids is 1. The van der Waals surface area contributed by atoms with Gasteiger partial charge in [0.05, 0.1) is 0 Å². The molecule has 0 aliphatic carbocycles. The van der Waals surface area contributed by atoms with E-state index in [1.807, 2.05) is 12.1 Å². The highest BCUT2D eigenvalue weighted by Crippen LogP contribution is 2.26. The van der Waals surface area contributed by atoms with Crippen molar-refractivity contribution in [2.24, 2.45) is 0 Å². The third-order valence-electron chi connectivity index (χ3n) is 2.75. The van der Waals surface area contributed by atoms with Crippen molar-refractivity contribution in [3.05, 3.63) is 35.2 Å². The van der Waals surface area contributed by atoms with Crippen LogP contribution < -0.4 is 0 Å². The Balaban J connectivity index is 2.01. The summed E-state index contributed by atoms with van der Waals surface area (Å²) in [7, 11) is 1.66. The fourth-order valence-corrected chi connectivity index (χ4v) is 2.85. The van der Waals surface area contributed by atoms with Crippen molar-refractivity contribution in [2.45, 2.75) is 19.3 Å². The summed E-state index contributed by atoms with van der Waals surface area (Å²) in [5, 5.41) is 3.32. The van der Waals surface area contributed by atoms with Crippen LogP contribution in [0.1, 0.15) is 18.4 Å². The first-order valence-electron chi connectivity index (χ1n) is 5.77. The van der Waals surface area contributed by atoms with Crippen LogP contribution >= 0.6 is 11.3 Å². The van der Waals surface area contributed by atoms with Gasteiger partial charge in [-0.15, -0.1) is 11.3 Å². The van der Waals surface area contributed by atoms with E-state index in [0.29, 0.717) is 25.2 Å². The molecule has 2 nitrogen and oxygen atoms in total. The lowest BCUT2D eigenvalue weighted by Crippen LogP contribution is -2.03. The summed E-state index contributed by atoms with van der Waals surface area (Å²) in [4.78, 5) is 11.8. The molecule has 0 atom stereocenters. The fourth-order valence-electron chi connectivity index (χ4n) is 1.88. The average Bonchev–Trinajstić information content (AvgIpc) is 2.73. The van der Waals surface area contributed by atoms with Crippen LogP contribution in [0.5, 0.6) is 0 Å². The molecule has 0 N–H and O–H groups in total. The molecular formula is C14H16O2S. The van der Waals surface area contributed by atoms with Crippen LogP contribution in [0, 0.1) is 0 Å². The maximum Gasteiger partial charge on any atom is 0.137 e. The van der Waals surface area contributed by atoms with E-state index in [2.05, 4.69) is 17.5 Å². The molecule has 0 bridgehead atoms. The molecule has 1 aromatic heterocycles. The molecule has 0 saturated carbocycles. The Labute approximate surface area is 105 Å². The molecular weight excluding hydrogens is 232 g/mol. The van der Waals surface area contributed by atoms with Crippen molar-refractivity contribution < 1.29 is 9.53 Å². The van der Waals surface area contributed by atoms with Gasteiger partial charge < -0.3 is 4.74 Å². The highest BCUT2D eigenvalue weighted by Gasteiger charge is 2.08. The molecule has 90 valence electrons. The summed E-state index contributed by atoms with van der Waals surface area (Å²) in [6, 6.07) is 8.24. The Hall–Kier alpha value is -1.19. The predicted octanol–water partition coefficient (Wildman–Crippen LogP) is 3.44. The molecule has 3 heteroatoms. The molecule has 0 fully saturated rings. The van der Waals surface area contributed by atoms with Gasteiger partial charge in [0.2, 0.25) is 0 Å². The summed E-state index contributed by atoms with van der Waals surface area (Å²) in [5.41, 5.74) is 1.16. The standard InChI is InChI=1S/C14H16O2S/c1-16-8-4-5-12(15)9-11-10-17-14-7-3-2-6-13(11)14/h2-3,6-7,10H,4-5,8-9H2,1H3. The lowest BCUT2D eigenvalue weighted by molar-refractivity contribution is -0.118. The number of ketones is 1. The molecule has 0 saturated heterocycles. The largest absolute Gasteiger partial charge is 0.385 e. The van der Waals surface area contributed by atoms with E-state index < -0.39 is 0 Å². The second kappa shape index (κ2) is 5.94. The number of benzene rings is 1. The van der Waals surface area contributed by atoms with E-state index in [-0.39, 0.29) is 0 Å². The van der Waals surface area contributed by atoms with Crippen molar-refractivity contribution >= 4 is 27.2 Å². The van der Waals surface area contributed by atoms with Crippen LogP contribution in [0.3, 0.4) is 0 Å². The zero-order valence-electron chi connectivity index (χ0n) is 9.94. The molecule has 0 aliphatic heterocycles. The van der Waals surface area contributed by atoms with E-state index in [0.717, 1.165) is 12.0 Å². The summed E-state index contributed by atoms with van der Waals surface area (Å²) < 4.78 is 6.20. The maximum absolute atomic E-state index is 11.8. The van der Waals surface area contributed by atoms with Gasteiger partial charge in [-0.1, -0.05) is 18.2 Å². The Kier molecular flexibility index (Phi) is 4.29. The second-order valence-corrected chi connectivity index (χ2v) is 4.98. The molecule has 0 spiro atoms. The molecule has 2 aromatic rings. The number of fused-ring (bicyclic) bond motifs is 1. The van der Waals surface area contributed by atoms with Gasteiger partial charge >= 0.3 is 0 Å². The summed E-state index contributed by atoms with van der Waals surface area (Å²) in [6.45, 7) is 0.663. The third-order valence-corrected chi connectivity index (χ3v) is 3.77. The number of methoxy groups -OCH3 is 1. The van der Waals surface area contributed by atoms with Gasteiger partial charge in [0.1, 0.15) is 5.78 Å². The smallest absolute Gasteiger partial charge is 0.137 e. The van der Waals surface area contributed by atoms with Crippen molar-refractivity contribution in [1.82, 2.24) is 0 Å². The SMILES string of the molecule is COCCCC(=O)Cc1csc2ccccc12. The quantitative estimate of drug-likeness (QED) is 0.732. The number of hydrogen-bond donors (Lipinski definition) is 0. The lowest BCUT2D eigenvalue weighted by Gasteiger charge is -2.00. The highest BCUT2D eigenvalue weighted by atomic mass is 32.1. The van der Waals surface area contributed by atoms with Crippen LogP contribution in [-0.2, 0) is 16.0 Å². The van der Waals surface area contributed by atoms with E-state index in [1.54, 1.807) is 18.4 Å². The average molecular weight is 248 g/mol. The van der Waals surface area contributed by atoms with Gasteiger partial charge in [-0.05, 0) is 28.8 Å². The minimum absolute atomic E-state index is 0.297. The molecule has 17 heavy (non-hydrogen) atoms. The maximum atomic E-state index is 11.8. The molecule has 1 aromatic carbocycles. The van der Waals surface area contributed by atoms with Crippen LogP contribution in [0.25, 0.3) is 10.1 Å². The first kappa shape index (κ1) is 12.3. The van der Waals surface area contributed by atoms with Crippen LogP contribution in [-0.4, -0.2) is 19.5 Å². The normalized spacial score (nSPS) is 10.9. The van der Waals surface area contributed by atoms with Gasteiger partial charge in [-0.3, -0.25) is 4.79 Å². The van der Waals surface area contributed by atoms with Crippen molar-refractivity contribution in [3.63, 3.8) is 0 Å². The van der Waals surface area contributed by atoms with Crippen molar-refractivity contribution in [2.75, 3.05) is 13.7 Å². The molecule has 0 unspecified atom stereocenters. The number of rotatable bonds is 6. The molecule has 0 radical (unpaired) electrons. The van der Waals surface area contributed by atoms with E-state index in [1.165, 1.54) is 10.1 Å². The van der Waals surface area contributed by atoms with Gasteiger partial charge in [0, 0.05) is 31.3 Å². The topological polar surface area (TPSA) is 26.3 Å². The molecule has 0 amide bonds. The van der Waals surface area contributed by atoms with Crippen molar-refractivity contribution in [3.8, 4) is 0 Å². The van der Waals surface area contributed by atoms with E-state index in [9.17, 15) is 4.79 Å². The first-order chi connectivity index (χ1) is 8.31. The third kappa shape index (κ3) is 3.14. The van der Waals surface area contributed by atoms with Gasteiger partial charge in [0.15, 0.2) is 0 Å². The second-order valence-electron chi connectivity index (χ2n) is 4.07. The van der Waals surface area contributed by atoms with Crippen LogP contribution in [0.4, 0.5) is 0 Å². The van der Waals surface area contributed by atoms with Gasteiger partial charge in [-0.2, -0.15) is 0 Å². The minimum Gasteiger partial charge on any atom is -0.385 e. The lowest BCUT2D eigenvalue weighted by atomic mass is 10.1. The zero-order chi connectivity index (χ0) is 12.1. The first-order valence-corrected chi connectivity index (χ1v) is 6.65. The molecule has 2 rings (SSSR count). The fraction of sp³-hybridized carbons (Fsp3) is 0.357. The summed E-state index contributed by atoms with van der Waals surface area (Å²) in [6.07, 6.45) is 1.98. The number of thiophene rings is 1. The number of carbonyl (C=O) groups is 1. The monoisotopic (exact) mass is 248 g/mol. The Morgan fingerprint density at radius 1 is 1.35 bits per heavy atom. The minimum atomic E-state index is 0.297. The molecule has 0 aliphatic rings. The van der Waals surface area contributed by atoms with Crippen LogP contribution in [0.2, 0.25) is 0 Å². The Morgan fingerprint density at radius 2 is 2.18 bits per heavy atom. The van der Waals surface area contributed by atoms with Crippen LogP contribution in [0.15, 0.2) is 29.6 Å².